The summed E-state index contributed by atoms with van der Waals surface area (Å²) >= 11 is 0. The summed E-state index contributed by atoms with van der Waals surface area (Å²) in [7, 11) is 0. The quantitative estimate of drug-likeness (QED) is 0.285. The Morgan fingerprint density at radius 2 is 1.27 bits per heavy atom. The predicted molar refractivity (Wildman–Crippen MR) is 64.8 cm³/mol. The fourth-order valence-corrected chi connectivity index (χ4v) is 1.72. The summed E-state index contributed by atoms with van der Waals surface area (Å²) in [5.41, 5.74) is 0. The first kappa shape index (κ1) is 14.4. The maximum Gasteiger partial charge on any atom is 0.234 e. The molecule has 0 heterocycles. The van der Waals surface area contributed by atoms with E-state index in [2.05, 4.69) is 11.9 Å². The van der Waals surface area contributed by atoms with E-state index in [1.54, 1.807) is 6.08 Å². The molecule has 2 nitrogen and oxygen atoms in total. The van der Waals surface area contributed by atoms with E-state index in [-0.39, 0.29) is 0 Å². The van der Waals surface area contributed by atoms with E-state index in [0.29, 0.717) is 6.54 Å². The van der Waals surface area contributed by atoms with Crippen molar-refractivity contribution < 1.29 is 4.79 Å². The maximum atomic E-state index is 9.77. The Balaban J connectivity index is 2.89. The van der Waals surface area contributed by atoms with E-state index >= 15 is 0 Å². The summed E-state index contributed by atoms with van der Waals surface area (Å²) in [6, 6.07) is 0. The van der Waals surface area contributed by atoms with E-state index in [1.165, 1.54) is 57.8 Å². The van der Waals surface area contributed by atoms with Gasteiger partial charge in [0.2, 0.25) is 6.08 Å². The largest absolute Gasteiger partial charge is 0.234 e. The fraction of sp³-hybridized carbons (Fsp3) is 0.923. The van der Waals surface area contributed by atoms with E-state index in [9.17, 15) is 4.79 Å². The van der Waals surface area contributed by atoms with Crippen LogP contribution in [-0.2, 0) is 4.79 Å². The zero-order valence-corrected chi connectivity index (χ0v) is 10.1. The second kappa shape index (κ2) is 13.4. The maximum absolute atomic E-state index is 9.77. The molecular formula is C13H25NO. The molecule has 0 aromatic carbocycles. The summed E-state index contributed by atoms with van der Waals surface area (Å²) in [5, 5.41) is 0. The molecule has 0 aliphatic heterocycles. The van der Waals surface area contributed by atoms with Gasteiger partial charge in [0.1, 0.15) is 0 Å². The zero-order valence-electron chi connectivity index (χ0n) is 10.1. The lowest BCUT2D eigenvalue weighted by Gasteiger charge is -2.00. The Hall–Kier alpha value is -0.620. The average molecular weight is 211 g/mol. The Kier molecular flexibility index (Phi) is 12.8. The van der Waals surface area contributed by atoms with Crippen LogP contribution in [0.5, 0.6) is 0 Å². The third-order valence-electron chi connectivity index (χ3n) is 2.69. The van der Waals surface area contributed by atoms with Crippen LogP contribution < -0.4 is 0 Å². The van der Waals surface area contributed by atoms with Gasteiger partial charge in [-0.25, -0.2) is 9.79 Å². The number of carbonyl (C=O) groups excluding carboxylic acids is 1. The van der Waals surface area contributed by atoms with Crippen LogP contribution in [-0.4, -0.2) is 12.6 Å². The van der Waals surface area contributed by atoms with Gasteiger partial charge in [-0.3, -0.25) is 0 Å². The normalized spacial score (nSPS) is 9.93. The van der Waals surface area contributed by atoms with Crippen molar-refractivity contribution in [2.24, 2.45) is 4.99 Å². The van der Waals surface area contributed by atoms with Crippen LogP contribution in [0.1, 0.15) is 71.1 Å². The van der Waals surface area contributed by atoms with E-state index in [4.69, 9.17) is 0 Å². The van der Waals surface area contributed by atoms with Gasteiger partial charge in [0.25, 0.3) is 0 Å². The molecule has 0 aliphatic carbocycles. The molecule has 88 valence electrons. The highest BCUT2D eigenvalue weighted by atomic mass is 16.1. The Labute approximate surface area is 94.2 Å². The van der Waals surface area contributed by atoms with Gasteiger partial charge in [-0.2, -0.15) is 0 Å². The van der Waals surface area contributed by atoms with E-state index < -0.39 is 0 Å². The fourth-order valence-electron chi connectivity index (χ4n) is 1.72. The van der Waals surface area contributed by atoms with Crippen LogP contribution in [0.15, 0.2) is 4.99 Å². The molecule has 0 aromatic heterocycles. The van der Waals surface area contributed by atoms with Crippen molar-refractivity contribution in [3.8, 4) is 0 Å². The molecule has 0 amide bonds. The average Bonchev–Trinajstić information content (AvgIpc) is 2.26. The van der Waals surface area contributed by atoms with Crippen LogP contribution in [0.2, 0.25) is 0 Å². The highest BCUT2D eigenvalue weighted by molar-refractivity contribution is 5.32. The second-order valence-electron chi connectivity index (χ2n) is 4.15. The molecule has 0 radical (unpaired) electrons. The molecule has 0 saturated carbocycles. The second-order valence-corrected chi connectivity index (χ2v) is 4.15. The van der Waals surface area contributed by atoms with Gasteiger partial charge in [-0.1, -0.05) is 64.7 Å². The van der Waals surface area contributed by atoms with Crippen LogP contribution in [0.25, 0.3) is 0 Å². The van der Waals surface area contributed by atoms with Crippen molar-refractivity contribution >= 4 is 6.08 Å². The van der Waals surface area contributed by atoms with Gasteiger partial charge in [0.15, 0.2) is 0 Å². The Morgan fingerprint density at radius 1 is 0.800 bits per heavy atom. The molecule has 0 bridgehead atoms. The molecule has 0 aliphatic rings. The lowest BCUT2D eigenvalue weighted by atomic mass is 10.1. The number of hydrogen-bond donors (Lipinski definition) is 0. The monoisotopic (exact) mass is 211 g/mol. The van der Waals surface area contributed by atoms with Crippen molar-refractivity contribution in [1.82, 2.24) is 0 Å². The first-order valence-corrected chi connectivity index (χ1v) is 6.45. The SMILES string of the molecule is CCCCCCCCCCCCN=C=O. The number of hydrogen-bond acceptors (Lipinski definition) is 2. The van der Waals surface area contributed by atoms with E-state index in [1.807, 2.05) is 0 Å². The smallest absolute Gasteiger partial charge is 0.211 e. The molecule has 0 aromatic rings. The highest BCUT2D eigenvalue weighted by Gasteiger charge is 1.91. The summed E-state index contributed by atoms with van der Waals surface area (Å²) in [5.74, 6) is 0. The van der Waals surface area contributed by atoms with Crippen LogP contribution in [0.4, 0.5) is 0 Å². The van der Waals surface area contributed by atoms with Gasteiger partial charge in [0.05, 0.1) is 6.54 Å². The van der Waals surface area contributed by atoms with Crippen molar-refractivity contribution in [2.45, 2.75) is 71.1 Å². The number of isocyanates is 1. The molecule has 15 heavy (non-hydrogen) atoms. The van der Waals surface area contributed by atoms with Gasteiger partial charge < -0.3 is 0 Å². The van der Waals surface area contributed by atoms with Crippen molar-refractivity contribution in [3.05, 3.63) is 0 Å². The first-order valence-electron chi connectivity index (χ1n) is 6.45. The highest BCUT2D eigenvalue weighted by Crippen LogP contribution is 2.10. The molecule has 0 unspecified atom stereocenters. The molecule has 0 rings (SSSR count). The molecular weight excluding hydrogens is 186 g/mol. The van der Waals surface area contributed by atoms with Crippen molar-refractivity contribution in [3.63, 3.8) is 0 Å². The summed E-state index contributed by atoms with van der Waals surface area (Å²) < 4.78 is 0. The topological polar surface area (TPSA) is 29.4 Å². The number of aliphatic imine (C=N–C) groups is 1. The van der Waals surface area contributed by atoms with Gasteiger partial charge in [-0.15, -0.1) is 0 Å². The summed E-state index contributed by atoms with van der Waals surface area (Å²) in [6.45, 7) is 2.92. The number of rotatable bonds is 11. The van der Waals surface area contributed by atoms with Gasteiger partial charge >= 0.3 is 0 Å². The third kappa shape index (κ3) is 13.4. The van der Waals surface area contributed by atoms with Gasteiger partial charge in [0, 0.05) is 0 Å². The number of nitrogens with zero attached hydrogens (tertiary/aromatic N) is 1. The standard InChI is InChI=1S/C13H25NO/c1-2-3-4-5-6-7-8-9-10-11-12-14-13-15/h2-12H2,1H3. The minimum Gasteiger partial charge on any atom is -0.211 e. The van der Waals surface area contributed by atoms with Gasteiger partial charge in [-0.05, 0) is 6.42 Å². The summed E-state index contributed by atoms with van der Waals surface area (Å²) in [4.78, 5) is 13.3. The first-order chi connectivity index (χ1) is 7.41. The molecule has 0 fully saturated rings. The lowest BCUT2D eigenvalue weighted by molar-refractivity contribution is 0.552. The van der Waals surface area contributed by atoms with Crippen LogP contribution in [0, 0.1) is 0 Å². The molecule has 0 saturated heterocycles. The minimum absolute atomic E-state index is 0.667. The minimum atomic E-state index is 0.667. The molecule has 2 heteroatoms. The molecule has 0 spiro atoms. The van der Waals surface area contributed by atoms with E-state index in [0.717, 1.165) is 6.42 Å². The van der Waals surface area contributed by atoms with Crippen molar-refractivity contribution in [2.75, 3.05) is 6.54 Å². The predicted octanol–water partition coefficient (Wildman–Crippen LogP) is 4.24. The number of unbranched alkanes of at least 4 members (excludes halogenated alkanes) is 9. The molecule has 0 N–H and O–H groups in total. The summed E-state index contributed by atoms with van der Waals surface area (Å²) in [6.07, 6.45) is 14.8. The third-order valence-corrected chi connectivity index (χ3v) is 2.69. The van der Waals surface area contributed by atoms with Crippen LogP contribution in [0.3, 0.4) is 0 Å². The lowest BCUT2D eigenvalue weighted by Crippen LogP contribution is -1.83. The Morgan fingerprint density at radius 3 is 1.73 bits per heavy atom. The van der Waals surface area contributed by atoms with Crippen molar-refractivity contribution in [1.29, 1.82) is 0 Å². The van der Waals surface area contributed by atoms with Crippen LogP contribution >= 0.6 is 0 Å². The molecule has 0 atom stereocenters. The zero-order chi connectivity index (χ0) is 11.2. The Bertz CT molecular complexity index is 162.